The van der Waals surface area contributed by atoms with Gasteiger partial charge >= 0.3 is 0 Å². The highest BCUT2D eigenvalue weighted by atomic mass is 32.1. The van der Waals surface area contributed by atoms with Crippen molar-refractivity contribution in [2.45, 2.75) is 44.9 Å². The molecule has 0 radical (unpaired) electrons. The number of thiazole rings is 1. The summed E-state index contributed by atoms with van der Waals surface area (Å²) in [6.07, 6.45) is 2.80. The fourth-order valence-corrected chi connectivity index (χ4v) is 3.69. The molecule has 2 heterocycles. The number of ether oxygens (including phenoxy) is 1. The minimum atomic E-state index is -0.327. The first kappa shape index (κ1) is 16.4. The Morgan fingerprint density at radius 3 is 2.91 bits per heavy atom. The molecule has 1 aliphatic rings. The van der Waals surface area contributed by atoms with Crippen molar-refractivity contribution in [3.63, 3.8) is 0 Å². The standard InChI is InChI=1S/C18H24N2O2S/c1-2-16(21)12-20(15-7-4-3-5-8-15)11-14-13-23-18(19-14)17-9-6-10-22-17/h3-5,7-8,13,16-17,21H,2,6,9-12H2,1H3. The van der Waals surface area contributed by atoms with E-state index >= 15 is 0 Å². The van der Waals surface area contributed by atoms with Crippen LogP contribution in [0.4, 0.5) is 5.69 Å². The lowest BCUT2D eigenvalue weighted by Crippen LogP contribution is -2.31. The molecule has 0 saturated carbocycles. The summed E-state index contributed by atoms with van der Waals surface area (Å²) in [6.45, 7) is 4.18. The number of aliphatic hydroxyl groups excluding tert-OH is 1. The van der Waals surface area contributed by atoms with Gasteiger partial charge in [-0.15, -0.1) is 11.3 Å². The number of benzene rings is 1. The number of aromatic nitrogens is 1. The lowest BCUT2D eigenvalue weighted by Gasteiger charge is -2.26. The van der Waals surface area contributed by atoms with E-state index in [4.69, 9.17) is 9.72 Å². The van der Waals surface area contributed by atoms with Crippen LogP contribution in [0.2, 0.25) is 0 Å². The molecule has 2 unspecified atom stereocenters. The van der Waals surface area contributed by atoms with Crippen LogP contribution >= 0.6 is 11.3 Å². The van der Waals surface area contributed by atoms with Crippen LogP contribution in [-0.4, -0.2) is 29.3 Å². The van der Waals surface area contributed by atoms with Crippen LogP contribution in [0, 0.1) is 0 Å². The Balaban J connectivity index is 1.72. The number of rotatable bonds is 7. The maximum absolute atomic E-state index is 10.1. The summed E-state index contributed by atoms with van der Waals surface area (Å²) in [5, 5.41) is 13.3. The van der Waals surface area contributed by atoms with Gasteiger partial charge in [-0.1, -0.05) is 25.1 Å². The minimum absolute atomic E-state index is 0.181. The topological polar surface area (TPSA) is 45.6 Å². The van der Waals surface area contributed by atoms with Crippen molar-refractivity contribution < 1.29 is 9.84 Å². The van der Waals surface area contributed by atoms with E-state index in [1.54, 1.807) is 11.3 Å². The quantitative estimate of drug-likeness (QED) is 0.838. The maximum Gasteiger partial charge on any atom is 0.122 e. The highest BCUT2D eigenvalue weighted by Crippen LogP contribution is 2.31. The Morgan fingerprint density at radius 2 is 2.22 bits per heavy atom. The largest absolute Gasteiger partial charge is 0.391 e. The van der Waals surface area contributed by atoms with Crippen LogP contribution in [-0.2, 0) is 11.3 Å². The second-order valence-corrected chi connectivity index (χ2v) is 6.85. The zero-order valence-electron chi connectivity index (χ0n) is 13.5. The summed E-state index contributed by atoms with van der Waals surface area (Å²) < 4.78 is 5.72. The molecule has 1 aromatic heterocycles. The highest BCUT2D eigenvalue weighted by molar-refractivity contribution is 7.09. The predicted octanol–water partition coefficient (Wildman–Crippen LogP) is 3.77. The molecule has 5 heteroatoms. The van der Waals surface area contributed by atoms with Gasteiger partial charge in [0.2, 0.25) is 0 Å². The Bertz CT molecular complexity index is 596. The van der Waals surface area contributed by atoms with Gasteiger partial charge in [0, 0.05) is 24.2 Å². The average Bonchev–Trinajstić information content (AvgIpc) is 3.26. The fourth-order valence-electron chi connectivity index (χ4n) is 2.79. The molecule has 0 spiro atoms. The van der Waals surface area contributed by atoms with Crippen molar-refractivity contribution in [3.05, 3.63) is 46.4 Å². The Labute approximate surface area is 141 Å². The van der Waals surface area contributed by atoms with Gasteiger partial charge in [0.15, 0.2) is 0 Å². The van der Waals surface area contributed by atoms with Gasteiger partial charge in [0.25, 0.3) is 0 Å². The van der Waals surface area contributed by atoms with Gasteiger partial charge in [-0.05, 0) is 31.4 Å². The first-order valence-corrected chi connectivity index (χ1v) is 9.18. The SMILES string of the molecule is CCC(O)CN(Cc1csc(C2CCCO2)n1)c1ccccc1. The molecule has 4 nitrogen and oxygen atoms in total. The van der Waals surface area contributed by atoms with Crippen LogP contribution in [0.5, 0.6) is 0 Å². The second kappa shape index (κ2) is 7.90. The van der Waals surface area contributed by atoms with E-state index in [9.17, 15) is 5.11 Å². The van der Waals surface area contributed by atoms with Gasteiger partial charge in [-0.25, -0.2) is 4.98 Å². The van der Waals surface area contributed by atoms with E-state index in [0.29, 0.717) is 13.1 Å². The summed E-state index contributed by atoms with van der Waals surface area (Å²) in [6, 6.07) is 10.2. The lowest BCUT2D eigenvalue weighted by molar-refractivity contribution is 0.111. The van der Waals surface area contributed by atoms with Gasteiger partial charge in [-0.2, -0.15) is 0 Å². The van der Waals surface area contributed by atoms with Crippen molar-refractivity contribution in [2.24, 2.45) is 0 Å². The monoisotopic (exact) mass is 332 g/mol. The molecule has 0 bridgehead atoms. The van der Waals surface area contributed by atoms with Gasteiger partial charge in [0.05, 0.1) is 18.3 Å². The van der Waals surface area contributed by atoms with Crippen molar-refractivity contribution in [1.82, 2.24) is 4.98 Å². The molecule has 0 aliphatic carbocycles. The minimum Gasteiger partial charge on any atom is -0.391 e. The third kappa shape index (κ3) is 4.31. The number of para-hydroxylation sites is 1. The third-order valence-electron chi connectivity index (χ3n) is 4.15. The number of hydrogen-bond acceptors (Lipinski definition) is 5. The van der Waals surface area contributed by atoms with Gasteiger partial charge in [-0.3, -0.25) is 0 Å². The van der Waals surface area contributed by atoms with Crippen molar-refractivity contribution in [3.8, 4) is 0 Å². The normalized spacial score (nSPS) is 19.0. The highest BCUT2D eigenvalue weighted by Gasteiger charge is 2.21. The number of hydrogen-bond donors (Lipinski definition) is 1. The summed E-state index contributed by atoms with van der Waals surface area (Å²) in [5.41, 5.74) is 2.17. The van der Waals surface area contributed by atoms with E-state index in [1.807, 2.05) is 25.1 Å². The number of aliphatic hydroxyl groups is 1. The molecule has 0 amide bonds. The van der Waals surface area contributed by atoms with Crippen LogP contribution in [0.25, 0.3) is 0 Å². The van der Waals surface area contributed by atoms with Crippen LogP contribution in [0.15, 0.2) is 35.7 Å². The fraction of sp³-hybridized carbons (Fsp3) is 0.500. The van der Waals surface area contributed by atoms with Crippen LogP contribution < -0.4 is 4.90 Å². The summed E-state index contributed by atoms with van der Waals surface area (Å²) in [4.78, 5) is 6.96. The van der Waals surface area contributed by atoms with E-state index in [0.717, 1.165) is 42.3 Å². The lowest BCUT2D eigenvalue weighted by atomic mass is 10.2. The molecule has 23 heavy (non-hydrogen) atoms. The van der Waals surface area contributed by atoms with Crippen LogP contribution in [0.1, 0.15) is 43.0 Å². The van der Waals surface area contributed by atoms with Gasteiger partial charge in [0.1, 0.15) is 11.1 Å². The summed E-state index contributed by atoms with van der Waals surface area (Å²) >= 11 is 1.68. The van der Waals surface area contributed by atoms with E-state index < -0.39 is 0 Å². The first-order valence-electron chi connectivity index (χ1n) is 8.30. The Kier molecular flexibility index (Phi) is 5.65. The molecule has 3 rings (SSSR count). The second-order valence-electron chi connectivity index (χ2n) is 5.96. The molecule has 1 aromatic carbocycles. The molecule has 1 saturated heterocycles. The number of nitrogens with zero attached hydrogens (tertiary/aromatic N) is 2. The molecular formula is C18H24N2O2S. The molecular weight excluding hydrogens is 308 g/mol. The molecule has 2 aromatic rings. The van der Waals surface area contributed by atoms with Crippen molar-refractivity contribution in [2.75, 3.05) is 18.1 Å². The zero-order valence-corrected chi connectivity index (χ0v) is 14.3. The molecule has 1 aliphatic heterocycles. The van der Waals surface area contributed by atoms with E-state index in [1.165, 1.54) is 0 Å². The molecule has 1 N–H and O–H groups in total. The number of anilines is 1. The van der Waals surface area contributed by atoms with E-state index in [-0.39, 0.29) is 12.2 Å². The average molecular weight is 332 g/mol. The molecule has 124 valence electrons. The molecule has 1 fully saturated rings. The smallest absolute Gasteiger partial charge is 0.122 e. The van der Waals surface area contributed by atoms with Crippen molar-refractivity contribution in [1.29, 1.82) is 0 Å². The van der Waals surface area contributed by atoms with Crippen LogP contribution in [0.3, 0.4) is 0 Å². The summed E-state index contributed by atoms with van der Waals surface area (Å²) in [5.74, 6) is 0. The zero-order chi connectivity index (χ0) is 16.1. The third-order valence-corrected chi connectivity index (χ3v) is 5.14. The Hall–Kier alpha value is -1.43. The summed E-state index contributed by atoms with van der Waals surface area (Å²) in [7, 11) is 0. The molecule has 2 atom stereocenters. The maximum atomic E-state index is 10.1. The van der Waals surface area contributed by atoms with E-state index in [2.05, 4.69) is 22.4 Å². The van der Waals surface area contributed by atoms with Gasteiger partial charge < -0.3 is 14.7 Å². The predicted molar refractivity (Wildman–Crippen MR) is 93.8 cm³/mol. The van der Waals surface area contributed by atoms with Crippen molar-refractivity contribution >= 4 is 17.0 Å². The first-order chi connectivity index (χ1) is 11.3. The Morgan fingerprint density at radius 1 is 1.39 bits per heavy atom.